The van der Waals surface area contributed by atoms with Crippen molar-refractivity contribution in [3.63, 3.8) is 0 Å². The third-order valence-corrected chi connectivity index (χ3v) is 4.30. The van der Waals surface area contributed by atoms with Crippen molar-refractivity contribution in [1.29, 1.82) is 0 Å². The van der Waals surface area contributed by atoms with Crippen molar-refractivity contribution in [3.05, 3.63) is 54.0 Å². The number of pyridine rings is 1. The van der Waals surface area contributed by atoms with Gasteiger partial charge in [0.25, 0.3) is 0 Å². The Kier molecular flexibility index (Phi) is 4.51. The first-order chi connectivity index (χ1) is 11.6. The number of benzene rings is 1. The molecule has 124 valence electrons. The Morgan fingerprint density at radius 2 is 1.96 bits per heavy atom. The predicted molar refractivity (Wildman–Crippen MR) is 98.6 cm³/mol. The van der Waals surface area contributed by atoms with Crippen molar-refractivity contribution >= 4 is 28.3 Å². The van der Waals surface area contributed by atoms with Gasteiger partial charge in [-0.2, -0.15) is 0 Å². The highest BCUT2D eigenvalue weighted by molar-refractivity contribution is 6.01. The number of rotatable bonds is 4. The molecule has 0 aliphatic heterocycles. The highest BCUT2D eigenvalue weighted by Gasteiger charge is 2.13. The molecule has 2 amide bonds. The van der Waals surface area contributed by atoms with Crippen LogP contribution >= 0.6 is 0 Å². The number of hydrogen-bond acceptors (Lipinski definition) is 2. The number of carbonyl (C=O) groups is 1. The zero-order chi connectivity index (χ0) is 17.1. The lowest BCUT2D eigenvalue weighted by Crippen LogP contribution is -2.19. The zero-order valence-corrected chi connectivity index (χ0v) is 14.3. The van der Waals surface area contributed by atoms with E-state index in [-0.39, 0.29) is 6.03 Å². The van der Waals surface area contributed by atoms with Crippen LogP contribution < -0.4 is 10.6 Å². The average molecular weight is 322 g/mol. The first-order valence-electron chi connectivity index (χ1n) is 8.23. The summed E-state index contributed by atoms with van der Waals surface area (Å²) in [6.45, 7) is 7.41. The molecule has 0 unspecified atom stereocenters. The van der Waals surface area contributed by atoms with Crippen LogP contribution in [0.1, 0.15) is 25.1 Å². The van der Waals surface area contributed by atoms with E-state index in [0.717, 1.165) is 18.7 Å². The Bertz CT molecular complexity index is 868. The third-order valence-electron chi connectivity index (χ3n) is 4.30. The number of hydrogen-bond donors (Lipinski definition) is 2. The summed E-state index contributed by atoms with van der Waals surface area (Å²) in [6, 6.07) is 9.38. The number of amides is 2. The van der Waals surface area contributed by atoms with Crippen molar-refractivity contribution < 1.29 is 4.79 Å². The monoisotopic (exact) mass is 322 g/mol. The molecule has 0 saturated heterocycles. The van der Waals surface area contributed by atoms with E-state index in [1.807, 2.05) is 6.07 Å². The van der Waals surface area contributed by atoms with Crippen molar-refractivity contribution in [2.45, 2.75) is 33.7 Å². The zero-order valence-electron chi connectivity index (χ0n) is 14.3. The van der Waals surface area contributed by atoms with Gasteiger partial charge in [0.2, 0.25) is 0 Å². The molecule has 0 fully saturated rings. The minimum atomic E-state index is -0.271. The second-order valence-electron chi connectivity index (χ2n) is 5.71. The quantitative estimate of drug-likeness (QED) is 0.739. The number of nitrogens with one attached hydrogen (secondary N) is 2. The number of nitrogens with zero attached hydrogens (tertiary/aromatic N) is 2. The van der Waals surface area contributed by atoms with Gasteiger partial charge in [0.05, 0.1) is 11.9 Å². The highest BCUT2D eigenvalue weighted by Crippen LogP contribution is 2.29. The highest BCUT2D eigenvalue weighted by atomic mass is 16.2. The summed E-state index contributed by atoms with van der Waals surface area (Å²) in [5.74, 6) is 0. The van der Waals surface area contributed by atoms with Crippen LogP contribution in [-0.2, 0) is 13.0 Å². The van der Waals surface area contributed by atoms with Gasteiger partial charge in [0.1, 0.15) is 0 Å². The predicted octanol–water partition coefficient (Wildman–Crippen LogP) is 4.57. The van der Waals surface area contributed by atoms with E-state index in [0.29, 0.717) is 5.69 Å². The molecule has 0 aliphatic rings. The average Bonchev–Trinajstić information content (AvgIpc) is 2.85. The molecule has 0 radical (unpaired) electrons. The van der Waals surface area contributed by atoms with E-state index in [1.54, 1.807) is 24.5 Å². The Hall–Kier alpha value is -2.82. The number of aromatic nitrogens is 2. The third kappa shape index (κ3) is 2.97. The minimum Gasteiger partial charge on any atom is -0.345 e. The molecule has 0 spiro atoms. The second-order valence-corrected chi connectivity index (χ2v) is 5.71. The largest absolute Gasteiger partial charge is 0.345 e. The molecule has 1 aromatic carbocycles. The van der Waals surface area contributed by atoms with Gasteiger partial charge in [-0.3, -0.25) is 4.98 Å². The molecule has 5 heteroatoms. The Morgan fingerprint density at radius 1 is 1.17 bits per heavy atom. The van der Waals surface area contributed by atoms with Gasteiger partial charge in [-0.25, -0.2) is 4.79 Å². The van der Waals surface area contributed by atoms with E-state index >= 15 is 0 Å². The SMILES string of the molecule is CCc1c(C)n(CC)c2ccc(NC(=O)Nc3cccnc3)cc12. The number of anilines is 2. The number of carbonyl (C=O) groups excluding carboxylic acids is 1. The van der Waals surface area contributed by atoms with E-state index in [4.69, 9.17) is 0 Å². The maximum absolute atomic E-state index is 12.1. The van der Waals surface area contributed by atoms with Gasteiger partial charge >= 0.3 is 6.03 Å². The number of fused-ring (bicyclic) bond motifs is 1. The molecule has 0 aliphatic carbocycles. The van der Waals surface area contributed by atoms with Crippen LogP contribution in [0.15, 0.2) is 42.7 Å². The minimum absolute atomic E-state index is 0.271. The topological polar surface area (TPSA) is 59.0 Å². The van der Waals surface area contributed by atoms with E-state index < -0.39 is 0 Å². The van der Waals surface area contributed by atoms with Gasteiger partial charge in [-0.1, -0.05) is 6.92 Å². The fourth-order valence-corrected chi connectivity index (χ4v) is 3.21. The molecule has 24 heavy (non-hydrogen) atoms. The van der Waals surface area contributed by atoms with Crippen molar-refractivity contribution in [2.24, 2.45) is 0 Å². The molecular formula is C19H22N4O. The lowest BCUT2D eigenvalue weighted by Gasteiger charge is -2.08. The molecule has 0 atom stereocenters. The van der Waals surface area contributed by atoms with E-state index in [2.05, 4.69) is 53.1 Å². The lowest BCUT2D eigenvalue weighted by molar-refractivity contribution is 0.262. The number of urea groups is 1. The summed E-state index contributed by atoms with van der Waals surface area (Å²) in [6.07, 6.45) is 4.26. The van der Waals surface area contributed by atoms with Crippen LogP contribution in [0.5, 0.6) is 0 Å². The maximum atomic E-state index is 12.1. The van der Waals surface area contributed by atoms with Crippen LogP contribution in [0, 0.1) is 6.92 Å². The molecule has 2 N–H and O–H groups in total. The number of aryl methyl sites for hydroxylation is 2. The maximum Gasteiger partial charge on any atom is 0.323 e. The van der Waals surface area contributed by atoms with Gasteiger partial charge in [0.15, 0.2) is 0 Å². The van der Waals surface area contributed by atoms with Crippen LogP contribution in [0.4, 0.5) is 16.2 Å². The second kappa shape index (κ2) is 6.74. The Morgan fingerprint density at radius 3 is 2.62 bits per heavy atom. The van der Waals surface area contributed by atoms with Gasteiger partial charge in [-0.05, 0) is 56.2 Å². The van der Waals surface area contributed by atoms with Gasteiger partial charge in [0, 0.05) is 35.0 Å². The lowest BCUT2D eigenvalue weighted by atomic mass is 10.1. The molecular weight excluding hydrogens is 300 g/mol. The van der Waals surface area contributed by atoms with Gasteiger partial charge in [-0.15, -0.1) is 0 Å². The van der Waals surface area contributed by atoms with Crippen molar-refractivity contribution in [3.8, 4) is 0 Å². The molecule has 2 heterocycles. The van der Waals surface area contributed by atoms with E-state index in [1.165, 1.54) is 22.2 Å². The summed E-state index contributed by atoms with van der Waals surface area (Å²) in [4.78, 5) is 16.1. The molecule has 3 rings (SSSR count). The first-order valence-corrected chi connectivity index (χ1v) is 8.23. The molecule has 3 aromatic rings. The summed E-state index contributed by atoms with van der Waals surface area (Å²) in [5.41, 5.74) is 5.30. The smallest absolute Gasteiger partial charge is 0.323 e. The fraction of sp³-hybridized carbons (Fsp3) is 0.263. The molecule has 5 nitrogen and oxygen atoms in total. The molecule has 2 aromatic heterocycles. The first kappa shape index (κ1) is 16.1. The summed E-state index contributed by atoms with van der Waals surface area (Å²) >= 11 is 0. The van der Waals surface area contributed by atoms with E-state index in [9.17, 15) is 4.79 Å². The van der Waals surface area contributed by atoms with Crippen LogP contribution in [0.3, 0.4) is 0 Å². The summed E-state index contributed by atoms with van der Waals surface area (Å²) < 4.78 is 2.31. The standard InChI is InChI=1S/C19H22N4O/c1-4-16-13(3)23(5-2)18-9-8-14(11-17(16)18)21-19(24)22-15-7-6-10-20-12-15/h6-12H,4-5H2,1-3H3,(H2,21,22,24). The van der Waals surface area contributed by atoms with Crippen molar-refractivity contribution in [2.75, 3.05) is 10.6 Å². The summed E-state index contributed by atoms with van der Waals surface area (Å²) in [5, 5.41) is 6.88. The Labute approximate surface area is 141 Å². The Balaban J connectivity index is 1.87. The summed E-state index contributed by atoms with van der Waals surface area (Å²) in [7, 11) is 0. The van der Waals surface area contributed by atoms with Crippen LogP contribution in [-0.4, -0.2) is 15.6 Å². The fourth-order valence-electron chi connectivity index (χ4n) is 3.21. The van der Waals surface area contributed by atoms with Gasteiger partial charge < -0.3 is 15.2 Å². The van der Waals surface area contributed by atoms with Crippen molar-refractivity contribution in [1.82, 2.24) is 9.55 Å². The molecule has 0 bridgehead atoms. The molecule has 0 saturated carbocycles. The van der Waals surface area contributed by atoms with Crippen LogP contribution in [0.25, 0.3) is 10.9 Å². The van der Waals surface area contributed by atoms with Crippen LogP contribution in [0.2, 0.25) is 0 Å². The normalized spacial score (nSPS) is 10.8.